The lowest BCUT2D eigenvalue weighted by atomic mass is 10.1. The molecule has 0 spiro atoms. The number of aromatic nitrogens is 3. The van der Waals surface area contributed by atoms with Crippen LogP contribution in [0.25, 0.3) is 11.0 Å². The van der Waals surface area contributed by atoms with E-state index in [-0.39, 0.29) is 5.56 Å². The van der Waals surface area contributed by atoms with Crippen molar-refractivity contribution in [2.45, 2.75) is 6.54 Å². The second kappa shape index (κ2) is 6.24. The summed E-state index contributed by atoms with van der Waals surface area (Å²) in [5.41, 5.74) is 3.40. The molecule has 2 aromatic carbocycles. The van der Waals surface area contributed by atoms with E-state index in [0.29, 0.717) is 23.1 Å². The molecular formula is C15H11N5O4. The summed E-state index contributed by atoms with van der Waals surface area (Å²) < 4.78 is 0. The molecule has 3 aromatic rings. The third-order valence-electron chi connectivity index (χ3n) is 3.31. The summed E-state index contributed by atoms with van der Waals surface area (Å²) in [7, 11) is 0. The van der Waals surface area contributed by atoms with Crippen LogP contribution in [0.1, 0.15) is 26.3 Å². The summed E-state index contributed by atoms with van der Waals surface area (Å²) >= 11 is 0. The Balaban J connectivity index is 0.000000141. The van der Waals surface area contributed by atoms with Gasteiger partial charge in [-0.1, -0.05) is 0 Å². The highest BCUT2D eigenvalue weighted by molar-refractivity contribution is 5.92. The Bertz CT molecular complexity index is 963. The molecular weight excluding hydrogens is 314 g/mol. The molecule has 9 nitrogen and oxygen atoms in total. The molecule has 3 N–H and O–H groups in total. The number of hydrogen-bond acceptors (Lipinski definition) is 6. The van der Waals surface area contributed by atoms with E-state index in [1.54, 1.807) is 18.2 Å². The van der Waals surface area contributed by atoms with E-state index in [0.717, 1.165) is 11.3 Å². The van der Waals surface area contributed by atoms with Crippen molar-refractivity contribution < 1.29 is 19.8 Å². The highest BCUT2D eigenvalue weighted by Gasteiger charge is 2.10. The molecule has 9 heteroatoms. The lowest BCUT2D eigenvalue weighted by molar-refractivity contribution is 0.0686. The number of nitrogens with one attached hydrogen (secondary N) is 1. The van der Waals surface area contributed by atoms with Gasteiger partial charge in [0.25, 0.3) is 0 Å². The van der Waals surface area contributed by atoms with Crippen molar-refractivity contribution in [3.63, 3.8) is 0 Å². The molecule has 1 aliphatic rings. The Morgan fingerprint density at radius 1 is 0.917 bits per heavy atom. The Morgan fingerprint density at radius 2 is 1.58 bits per heavy atom. The number of carboxylic acids is 2. The van der Waals surface area contributed by atoms with Crippen LogP contribution >= 0.6 is 0 Å². The van der Waals surface area contributed by atoms with Crippen LogP contribution in [0.2, 0.25) is 0 Å². The van der Waals surface area contributed by atoms with E-state index >= 15 is 0 Å². The fourth-order valence-corrected chi connectivity index (χ4v) is 2.10. The number of carbonyl (C=O) groups is 2. The zero-order chi connectivity index (χ0) is 17.1. The van der Waals surface area contributed by atoms with Crippen molar-refractivity contribution in [2.75, 3.05) is 0 Å². The smallest absolute Gasteiger partial charge is 0.335 e. The summed E-state index contributed by atoms with van der Waals surface area (Å²) in [5, 5.41) is 34.9. The Hall–Kier alpha value is -3.62. The molecule has 1 aliphatic heterocycles. The maximum Gasteiger partial charge on any atom is 0.335 e. The molecule has 2 heterocycles. The van der Waals surface area contributed by atoms with E-state index in [1.165, 1.54) is 18.2 Å². The molecule has 0 fully saturated rings. The van der Waals surface area contributed by atoms with E-state index in [4.69, 9.17) is 10.2 Å². The number of carboxylic acid groups (broad SMARTS) is 2. The molecule has 0 saturated heterocycles. The van der Waals surface area contributed by atoms with Gasteiger partial charge in [-0.15, -0.1) is 0 Å². The number of nitrogens with zero attached hydrogens (tertiary/aromatic N) is 4. The average Bonchev–Trinajstić information content (AvgIpc) is 3.22. The third kappa shape index (κ3) is 3.09. The lowest BCUT2D eigenvalue weighted by Gasteiger charge is -1.96. The quantitative estimate of drug-likeness (QED) is 0.661. The second-order valence-electron chi connectivity index (χ2n) is 4.88. The van der Waals surface area contributed by atoms with Gasteiger partial charge in [0.2, 0.25) is 0 Å². The van der Waals surface area contributed by atoms with E-state index in [9.17, 15) is 9.59 Å². The van der Waals surface area contributed by atoms with Gasteiger partial charge in [-0.2, -0.15) is 25.6 Å². The number of benzene rings is 2. The van der Waals surface area contributed by atoms with Gasteiger partial charge >= 0.3 is 11.9 Å². The van der Waals surface area contributed by atoms with Crippen LogP contribution in [0.3, 0.4) is 0 Å². The first kappa shape index (κ1) is 15.3. The highest BCUT2D eigenvalue weighted by Crippen LogP contribution is 2.27. The minimum Gasteiger partial charge on any atom is -0.478 e. The van der Waals surface area contributed by atoms with Crippen LogP contribution in [0.4, 0.5) is 5.69 Å². The van der Waals surface area contributed by atoms with Gasteiger partial charge in [-0.25, -0.2) is 9.59 Å². The predicted molar refractivity (Wildman–Crippen MR) is 82.5 cm³/mol. The van der Waals surface area contributed by atoms with Gasteiger partial charge in [0.1, 0.15) is 11.0 Å². The fraction of sp³-hybridized carbons (Fsp3) is 0.0667. The summed E-state index contributed by atoms with van der Waals surface area (Å²) in [6.45, 7) is 0.496. The molecule has 24 heavy (non-hydrogen) atoms. The Morgan fingerprint density at radius 3 is 2.33 bits per heavy atom. The van der Waals surface area contributed by atoms with Crippen LogP contribution in [0.15, 0.2) is 46.6 Å². The van der Waals surface area contributed by atoms with Crippen LogP contribution < -0.4 is 0 Å². The van der Waals surface area contributed by atoms with Gasteiger partial charge in [0.15, 0.2) is 0 Å². The molecule has 0 atom stereocenters. The molecule has 0 bridgehead atoms. The molecule has 0 saturated carbocycles. The van der Waals surface area contributed by atoms with Crippen molar-refractivity contribution in [3.05, 3.63) is 53.1 Å². The fourth-order valence-electron chi connectivity index (χ4n) is 2.10. The summed E-state index contributed by atoms with van der Waals surface area (Å²) in [5.74, 6) is -1.87. The van der Waals surface area contributed by atoms with Gasteiger partial charge in [0.05, 0.1) is 23.4 Å². The predicted octanol–water partition coefficient (Wildman–Crippen LogP) is 2.64. The molecule has 0 unspecified atom stereocenters. The number of hydrogen-bond donors (Lipinski definition) is 3. The summed E-state index contributed by atoms with van der Waals surface area (Å²) in [4.78, 5) is 21.0. The van der Waals surface area contributed by atoms with Gasteiger partial charge in [-0.05, 0) is 36.4 Å². The van der Waals surface area contributed by atoms with Crippen molar-refractivity contribution in [1.29, 1.82) is 0 Å². The number of fused-ring (bicyclic) bond motifs is 2. The largest absolute Gasteiger partial charge is 0.478 e. The van der Waals surface area contributed by atoms with Crippen molar-refractivity contribution >= 4 is 28.7 Å². The molecule has 0 aliphatic carbocycles. The van der Waals surface area contributed by atoms with Crippen molar-refractivity contribution in [1.82, 2.24) is 15.4 Å². The Labute approximate surface area is 134 Å². The zero-order valence-corrected chi connectivity index (χ0v) is 12.2. The minimum absolute atomic E-state index is 0.219. The van der Waals surface area contributed by atoms with Crippen LogP contribution in [0, 0.1) is 0 Å². The number of rotatable bonds is 2. The third-order valence-corrected chi connectivity index (χ3v) is 3.31. The van der Waals surface area contributed by atoms with Gasteiger partial charge in [-0.3, -0.25) is 0 Å². The first-order chi connectivity index (χ1) is 11.5. The molecule has 1 aromatic heterocycles. The lowest BCUT2D eigenvalue weighted by Crippen LogP contribution is -1.96. The first-order valence-electron chi connectivity index (χ1n) is 6.82. The topological polar surface area (TPSA) is 141 Å². The molecule has 0 amide bonds. The minimum atomic E-state index is -0.958. The summed E-state index contributed by atoms with van der Waals surface area (Å²) in [6.07, 6.45) is 0. The number of aromatic carboxylic acids is 2. The maximum absolute atomic E-state index is 10.5. The number of H-pyrrole nitrogens is 1. The Kier molecular flexibility index (Phi) is 3.98. The molecule has 0 radical (unpaired) electrons. The van der Waals surface area contributed by atoms with Crippen molar-refractivity contribution in [2.24, 2.45) is 10.2 Å². The second-order valence-corrected chi connectivity index (χ2v) is 4.88. The van der Waals surface area contributed by atoms with Gasteiger partial charge < -0.3 is 10.2 Å². The van der Waals surface area contributed by atoms with Crippen LogP contribution in [-0.4, -0.2) is 37.6 Å². The van der Waals surface area contributed by atoms with Crippen LogP contribution in [0.5, 0.6) is 0 Å². The number of aromatic amines is 1. The SMILES string of the molecule is O=C(O)c1ccc2c(c1)CN=N2.O=C(O)c1ccc2n[nH]nc2c1. The van der Waals surface area contributed by atoms with E-state index in [2.05, 4.69) is 25.6 Å². The van der Waals surface area contributed by atoms with Gasteiger partial charge in [0, 0.05) is 5.56 Å². The maximum atomic E-state index is 10.5. The summed E-state index contributed by atoms with van der Waals surface area (Å²) in [6, 6.07) is 9.40. The first-order valence-corrected chi connectivity index (χ1v) is 6.82. The standard InChI is InChI=1S/C8H6N2O2.C7H5N3O2/c11-8(12)5-1-2-7-6(3-5)4-9-10-7;11-7(12)4-1-2-5-6(3-4)9-10-8-5/h1-3H,4H2,(H,11,12);1-3H,(H,11,12)(H,8,9,10). The van der Waals surface area contributed by atoms with Crippen LogP contribution in [-0.2, 0) is 6.54 Å². The average molecular weight is 325 g/mol. The van der Waals surface area contributed by atoms with E-state index in [1.807, 2.05) is 0 Å². The molecule has 120 valence electrons. The monoisotopic (exact) mass is 325 g/mol. The number of azo groups is 1. The normalized spacial score (nSPS) is 11.7. The van der Waals surface area contributed by atoms with E-state index < -0.39 is 11.9 Å². The molecule has 4 rings (SSSR count). The highest BCUT2D eigenvalue weighted by atomic mass is 16.4. The zero-order valence-electron chi connectivity index (χ0n) is 12.2. The van der Waals surface area contributed by atoms with Crippen molar-refractivity contribution in [3.8, 4) is 0 Å².